The predicted molar refractivity (Wildman–Crippen MR) is 49.2 cm³/mol. The molecule has 0 atom stereocenters. The number of hydrogen-bond acceptors (Lipinski definition) is 4. The molecule has 0 amide bonds. The Morgan fingerprint density at radius 3 is 2.77 bits per heavy atom. The van der Waals surface area contributed by atoms with E-state index in [4.69, 9.17) is 0 Å². The monoisotopic (exact) mass is 175 g/mol. The van der Waals surface area contributed by atoms with E-state index in [1.54, 1.807) is 25.6 Å². The molecule has 2 heterocycles. The van der Waals surface area contributed by atoms with Gasteiger partial charge in [-0.05, 0) is 6.07 Å². The average Bonchev–Trinajstić information content (AvgIpc) is 2.71. The maximum Gasteiger partial charge on any atom is 0.144 e. The van der Waals surface area contributed by atoms with E-state index < -0.39 is 0 Å². The molecular weight excluding hydrogens is 166 g/mol. The lowest BCUT2D eigenvalue weighted by Gasteiger charge is -1.98. The van der Waals surface area contributed by atoms with E-state index in [-0.39, 0.29) is 0 Å². The van der Waals surface area contributed by atoms with Crippen LogP contribution in [0.15, 0.2) is 24.7 Å². The first-order chi connectivity index (χ1) is 6.40. The van der Waals surface area contributed by atoms with Gasteiger partial charge in [0.25, 0.3) is 0 Å². The molecule has 0 aromatic carbocycles. The molecule has 5 heteroatoms. The minimum atomic E-state index is 0.753. The molecule has 0 bridgehead atoms. The Morgan fingerprint density at radius 1 is 1.31 bits per heavy atom. The van der Waals surface area contributed by atoms with Gasteiger partial charge < -0.3 is 5.32 Å². The van der Waals surface area contributed by atoms with Gasteiger partial charge in [0.05, 0.1) is 18.1 Å². The van der Waals surface area contributed by atoms with Crippen molar-refractivity contribution in [1.82, 2.24) is 20.2 Å². The highest BCUT2D eigenvalue weighted by molar-refractivity contribution is 5.52. The van der Waals surface area contributed by atoms with Crippen LogP contribution in [0.25, 0.3) is 11.4 Å². The SMILES string of the molecule is CNc1cnc(-c2ccn[nH]2)cn1. The molecule has 0 spiro atoms. The summed E-state index contributed by atoms with van der Waals surface area (Å²) >= 11 is 0. The third-order valence-electron chi connectivity index (χ3n) is 1.68. The van der Waals surface area contributed by atoms with Gasteiger partial charge in [0.15, 0.2) is 0 Å². The van der Waals surface area contributed by atoms with Gasteiger partial charge in [-0.1, -0.05) is 0 Å². The summed E-state index contributed by atoms with van der Waals surface area (Å²) in [5, 5.41) is 9.55. The Morgan fingerprint density at radius 2 is 2.23 bits per heavy atom. The first-order valence-electron chi connectivity index (χ1n) is 3.89. The topological polar surface area (TPSA) is 66.5 Å². The lowest BCUT2D eigenvalue weighted by atomic mass is 10.3. The molecule has 5 nitrogen and oxygen atoms in total. The van der Waals surface area contributed by atoms with Gasteiger partial charge in [-0.25, -0.2) is 9.97 Å². The normalized spacial score (nSPS) is 9.92. The molecule has 0 aliphatic carbocycles. The van der Waals surface area contributed by atoms with Crippen molar-refractivity contribution in [3.8, 4) is 11.4 Å². The third kappa shape index (κ3) is 1.48. The molecule has 2 rings (SSSR count). The zero-order valence-electron chi connectivity index (χ0n) is 7.15. The van der Waals surface area contributed by atoms with Crippen LogP contribution in [-0.2, 0) is 0 Å². The fraction of sp³-hybridized carbons (Fsp3) is 0.125. The first kappa shape index (κ1) is 7.72. The smallest absolute Gasteiger partial charge is 0.144 e. The molecule has 66 valence electrons. The first-order valence-corrected chi connectivity index (χ1v) is 3.89. The summed E-state index contributed by atoms with van der Waals surface area (Å²) in [4.78, 5) is 8.33. The van der Waals surface area contributed by atoms with E-state index >= 15 is 0 Å². The third-order valence-corrected chi connectivity index (χ3v) is 1.68. The molecule has 0 aliphatic rings. The molecule has 2 aromatic rings. The van der Waals surface area contributed by atoms with E-state index in [0.717, 1.165) is 17.2 Å². The van der Waals surface area contributed by atoms with E-state index in [0.29, 0.717) is 0 Å². The van der Waals surface area contributed by atoms with Crippen molar-refractivity contribution in [2.24, 2.45) is 0 Å². The standard InChI is InChI=1S/C8H9N5/c1-9-8-5-10-7(4-11-8)6-2-3-12-13-6/h2-5H,1H3,(H,9,11)(H,12,13). The van der Waals surface area contributed by atoms with Gasteiger partial charge in [-0.3, -0.25) is 5.10 Å². The fourth-order valence-corrected chi connectivity index (χ4v) is 0.995. The zero-order valence-corrected chi connectivity index (χ0v) is 7.15. The average molecular weight is 175 g/mol. The van der Waals surface area contributed by atoms with Crippen LogP contribution in [0.4, 0.5) is 5.82 Å². The number of nitrogens with one attached hydrogen (secondary N) is 2. The van der Waals surface area contributed by atoms with Crippen LogP contribution in [0.1, 0.15) is 0 Å². The highest BCUT2D eigenvalue weighted by Crippen LogP contribution is 2.11. The summed E-state index contributed by atoms with van der Waals surface area (Å²) < 4.78 is 0. The Balaban J connectivity index is 2.33. The van der Waals surface area contributed by atoms with Crippen LogP contribution >= 0.6 is 0 Å². The van der Waals surface area contributed by atoms with E-state index in [9.17, 15) is 0 Å². The second-order valence-electron chi connectivity index (χ2n) is 2.51. The molecule has 13 heavy (non-hydrogen) atoms. The van der Waals surface area contributed by atoms with Crippen molar-refractivity contribution in [2.75, 3.05) is 12.4 Å². The zero-order chi connectivity index (χ0) is 9.10. The quantitative estimate of drug-likeness (QED) is 0.711. The van der Waals surface area contributed by atoms with Crippen molar-refractivity contribution < 1.29 is 0 Å². The van der Waals surface area contributed by atoms with Crippen LogP contribution < -0.4 is 5.32 Å². The summed E-state index contributed by atoms with van der Waals surface area (Å²) in [5.74, 6) is 0.753. The maximum atomic E-state index is 4.20. The van der Waals surface area contributed by atoms with Gasteiger partial charge in [0, 0.05) is 13.2 Å². The largest absolute Gasteiger partial charge is 0.372 e. The molecule has 0 radical (unpaired) electrons. The molecular formula is C8H9N5. The van der Waals surface area contributed by atoms with Gasteiger partial charge in [0.1, 0.15) is 11.5 Å². The lowest BCUT2D eigenvalue weighted by molar-refractivity contribution is 1.08. The number of rotatable bonds is 2. The van der Waals surface area contributed by atoms with Crippen LogP contribution in [0, 0.1) is 0 Å². The summed E-state index contributed by atoms with van der Waals surface area (Å²) in [6.45, 7) is 0. The molecule has 0 unspecified atom stereocenters. The van der Waals surface area contributed by atoms with E-state index in [2.05, 4.69) is 25.5 Å². The molecule has 2 N–H and O–H groups in total. The maximum absolute atomic E-state index is 4.20. The van der Waals surface area contributed by atoms with E-state index in [1.807, 2.05) is 6.07 Å². The van der Waals surface area contributed by atoms with Gasteiger partial charge >= 0.3 is 0 Å². The number of aromatic nitrogens is 4. The molecule has 2 aromatic heterocycles. The number of anilines is 1. The van der Waals surface area contributed by atoms with Crippen molar-refractivity contribution in [2.45, 2.75) is 0 Å². The molecule has 0 aliphatic heterocycles. The van der Waals surface area contributed by atoms with Gasteiger partial charge in [-0.15, -0.1) is 0 Å². The summed E-state index contributed by atoms with van der Waals surface area (Å²) in [6, 6.07) is 1.85. The Labute approximate surface area is 75.2 Å². The van der Waals surface area contributed by atoms with Crippen molar-refractivity contribution >= 4 is 5.82 Å². The highest BCUT2D eigenvalue weighted by atomic mass is 15.1. The Bertz CT molecular complexity index is 364. The van der Waals surface area contributed by atoms with Crippen LogP contribution in [0.5, 0.6) is 0 Å². The highest BCUT2D eigenvalue weighted by Gasteiger charge is 1.99. The minimum Gasteiger partial charge on any atom is -0.372 e. The second-order valence-corrected chi connectivity index (χ2v) is 2.51. The van der Waals surface area contributed by atoms with Crippen LogP contribution in [0.2, 0.25) is 0 Å². The number of nitrogens with zero attached hydrogens (tertiary/aromatic N) is 3. The fourth-order valence-electron chi connectivity index (χ4n) is 0.995. The van der Waals surface area contributed by atoms with Crippen LogP contribution in [-0.4, -0.2) is 27.2 Å². The van der Waals surface area contributed by atoms with Crippen molar-refractivity contribution in [3.05, 3.63) is 24.7 Å². The molecule has 0 fully saturated rings. The summed E-state index contributed by atoms with van der Waals surface area (Å²) in [5.41, 5.74) is 1.66. The van der Waals surface area contributed by atoms with Gasteiger partial charge in [0.2, 0.25) is 0 Å². The number of H-pyrrole nitrogens is 1. The minimum absolute atomic E-state index is 0.753. The van der Waals surface area contributed by atoms with Crippen molar-refractivity contribution in [3.63, 3.8) is 0 Å². The van der Waals surface area contributed by atoms with E-state index in [1.165, 1.54) is 0 Å². The summed E-state index contributed by atoms with van der Waals surface area (Å²) in [6.07, 6.45) is 5.05. The summed E-state index contributed by atoms with van der Waals surface area (Å²) in [7, 11) is 1.81. The Hall–Kier alpha value is -1.91. The molecule has 0 saturated heterocycles. The van der Waals surface area contributed by atoms with Gasteiger partial charge in [-0.2, -0.15) is 5.10 Å². The lowest BCUT2D eigenvalue weighted by Crippen LogP contribution is -1.94. The molecule has 0 saturated carbocycles. The van der Waals surface area contributed by atoms with Crippen molar-refractivity contribution in [1.29, 1.82) is 0 Å². The van der Waals surface area contributed by atoms with Crippen LogP contribution in [0.3, 0.4) is 0 Å². The number of aromatic amines is 1. The predicted octanol–water partition coefficient (Wildman–Crippen LogP) is 0.908. The second kappa shape index (κ2) is 3.22. The number of hydrogen-bond donors (Lipinski definition) is 2. The Kier molecular flexibility index (Phi) is 1.91.